The third kappa shape index (κ3) is 14.5. The first-order valence-electron chi connectivity index (χ1n) is 39.7. The summed E-state index contributed by atoms with van der Waals surface area (Å²) in [4.78, 5) is 41.2. The second-order valence-corrected chi connectivity index (χ2v) is 29.3. The highest BCUT2D eigenvalue weighted by Crippen LogP contribution is 2.44. The SMILES string of the molecule is c1ccc(-c2ccc(-c3nc(-c4ccc(-c5ccccc5)cc4)nc(-c4cccc(-c5ccc6c(c5)nc(-c5ccccc5)c5cccc(-c7ccccc7)c56)c4)n3)cc2)cc1.c1ccc(-c2ccc(-c3nc(-c4ccccc4)nc(-c4cccc(-c5ccc6c(c5)nc(-c5ccccc5)c5cccc(-c7ccccc7)c56)c4)n3)cc2)cc1. The van der Waals surface area contributed by atoms with Crippen molar-refractivity contribution in [1.82, 2.24) is 39.9 Å². The predicted molar refractivity (Wildman–Crippen MR) is 487 cm³/mol. The number of benzene rings is 17. The summed E-state index contributed by atoms with van der Waals surface area (Å²) in [6.07, 6.45) is 0. The van der Waals surface area contributed by atoms with Crippen molar-refractivity contribution in [3.63, 3.8) is 0 Å². The fraction of sp³-hybridized carbons (Fsp3) is 0. The molecule has 0 spiro atoms. The molecular weight excluding hydrogens is 1430 g/mol. The zero-order chi connectivity index (χ0) is 78.5. The molecule has 0 radical (unpaired) electrons. The molecule has 0 amide bonds. The minimum Gasteiger partial charge on any atom is -0.247 e. The normalized spacial score (nSPS) is 11.2. The smallest absolute Gasteiger partial charge is 0.164 e. The van der Waals surface area contributed by atoms with Crippen LogP contribution in [0, 0.1) is 0 Å². The van der Waals surface area contributed by atoms with E-state index in [0.29, 0.717) is 34.9 Å². The standard InChI is InChI=1S/C58H38N4.C52H34N4/c1-5-15-39(16-6-1)41-27-31-45(32-28-41)56-60-57(46-33-29-42(30-34-46)40-17-7-2-8-18-40)62-58(61-56)49-24-13-23-47(37-49)48-35-36-51-53(38-48)59-55(44-21-11-4-12-22-44)52-26-14-25-50(54(51)52)43-19-9-3-10-20-43;1-5-15-35(16-6-1)36-27-29-40(30-28-36)51-54-50(39-21-11-4-12-22-39)55-52(56-51)43-24-13-23-41(33-43)42-31-32-45-47(34-42)53-49(38-19-9-3-10-20-38)46-26-14-25-44(48(45)46)37-17-7-2-8-18-37/h1-38H;1-34H. The molecule has 8 heteroatoms. The summed E-state index contributed by atoms with van der Waals surface area (Å²) in [5, 5.41) is 6.89. The highest BCUT2D eigenvalue weighted by molar-refractivity contribution is 6.19. The first-order chi connectivity index (χ1) is 58.5. The van der Waals surface area contributed by atoms with Crippen LogP contribution >= 0.6 is 0 Å². The Hall–Kier alpha value is -15.9. The third-order valence-electron chi connectivity index (χ3n) is 21.9. The van der Waals surface area contributed by atoms with Crippen molar-refractivity contribution in [2.24, 2.45) is 0 Å². The maximum Gasteiger partial charge on any atom is 0.164 e. The van der Waals surface area contributed by atoms with Gasteiger partial charge < -0.3 is 0 Å². The van der Waals surface area contributed by atoms with E-state index in [1.165, 1.54) is 38.6 Å². The molecule has 0 N–H and O–H groups in total. The Morgan fingerprint density at radius 3 is 0.644 bits per heavy atom. The van der Waals surface area contributed by atoms with E-state index in [4.69, 9.17) is 39.9 Å². The number of fused-ring (bicyclic) bond motifs is 6. The largest absolute Gasteiger partial charge is 0.247 e. The molecule has 0 saturated heterocycles. The van der Waals surface area contributed by atoms with Crippen molar-refractivity contribution in [3.8, 4) is 169 Å². The van der Waals surface area contributed by atoms with Gasteiger partial charge in [-0.05, 0) is 102 Å². The molecule has 8 nitrogen and oxygen atoms in total. The Bertz CT molecular complexity index is 7110. The monoisotopic (exact) mass is 1500 g/mol. The average molecular weight is 1510 g/mol. The molecule has 4 heterocycles. The summed E-state index contributed by atoms with van der Waals surface area (Å²) in [6, 6.07) is 152. The van der Waals surface area contributed by atoms with Gasteiger partial charge in [0.15, 0.2) is 34.9 Å². The van der Waals surface area contributed by atoms with Crippen LogP contribution in [0.5, 0.6) is 0 Å². The Balaban J connectivity index is 0.000000152. The maximum atomic E-state index is 5.38. The number of aromatic nitrogens is 8. The van der Waals surface area contributed by atoms with Crippen LogP contribution in [0.4, 0.5) is 0 Å². The van der Waals surface area contributed by atoms with Gasteiger partial charge in [0, 0.05) is 76.8 Å². The Morgan fingerprint density at radius 2 is 0.331 bits per heavy atom. The van der Waals surface area contributed by atoms with Gasteiger partial charge in [0.1, 0.15) is 0 Å². The summed E-state index contributed by atoms with van der Waals surface area (Å²) in [6.45, 7) is 0. The van der Waals surface area contributed by atoms with Crippen LogP contribution in [0.1, 0.15) is 0 Å². The Kier molecular flexibility index (Phi) is 19.3. The first-order valence-corrected chi connectivity index (χ1v) is 39.7. The van der Waals surface area contributed by atoms with E-state index in [1.807, 2.05) is 54.6 Å². The summed E-state index contributed by atoms with van der Waals surface area (Å²) < 4.78 is 0. The molecule has 17 aromatic carbocycles. The van der Waals surface area contributed by atoms with Crippen molar-refractivity contribution in [2.75, 3.05) is 0 Å². The topological polar surface area (TPSA) is 103 Å². The van der Waals surface area contributed by atoms with Gasteiger partial charge in [-0.1, -0.05) is 413 Å². The first kappa shape index (κ1) is 71.2. The van der Waals surface area contributed by atoms with Crippen molar-refractivity contribution < 1.29 is 0 Å². The van der Waals surface area contributed by atoms with Crippen LogP contribution in [-0.2, 0) is 0 Å². The Labute approximate surface area is 684 Å². The van der Waals surface area contributed by atoms with Crippen LogP contribution in [0.3, 0.4) is 0 Å². The van der Waals surface area contributed by atoms with Crippen molar-refractivity contribution in [1.29, 1.82) is 0 Å². The van der Waals surface area contributed by atoms with Crippen LogP contribution in [0.25, 0.3) is 212 Å². The number of hydrogen-bond donors (Lipinski definition) is 0. The van der Waals surface area contributed by atoms with Gasteiger partial charge in [0.05, 0.1) is 22.4 Å². The zero-order valence-electron chi connectivity index (χ0n) is 64.1. The molecule has 21 rings (SSSR count). The predicted octanol–water partition coefficient (Wildman–Crippen LogP) is 28.2. The Morgan fingerprint density at radius 1 is 0.119 bits per heavy atom. The van der Waals surface area contributed by atoms with E-state index in [2.05, 4.69) is 382 Å². The van der Waals surface area contributed by atoms with Crippen molar-refractivity contribution >= 4 is 43.4 Å². The number of pyridine rings is 2. The van der Waals surface area contributed by atoms with Gasteiger partial charge in [0.25, 0.3) is 0 Å². The molecule has 0 aliphatic carbocycles. The van der Waals surface area contributed by atoms with E-state index in [0.717, 1.165) is 139 Å². The molecule has 0 aliphatic heterocycles. The maximum absolute atomic E-state index is 5.38. The minimum absolute atomic E-state index is 0.606. The zero-order valence-corrected chi connectivity index (χ0v) is 64.1. The van der Waals surface area contributed by atoms with E-state index in [9.17, 15) is 0 Å². The summed E-state index contributed by atoms with van der Waals surface area (Å²) in [7, 11) is 0. The molecule has 21 aromatic rings. The van der Waals surface area contributed by atoms with E-state index < -0.39 is 0 Å². The van der Waals surface area contributed by atoms with Gasteiger partial charge in [0.2, 0.25) is 0 Å². The van der Waals surface area contributed by atoms with Crippen LogP contribution in [-0.4, -0.2) is 39.9 Å². The molecule has 0 fully saturated rings. The second kappa shape index (κ2) is 31.9. The van der Waals surface area contributed by atoms with Gasteiger partial charge in [-0.2, -0.15) is 0 Å². The molecule has 4 aromatic heterocycles. The lowest BCUT2D eigenvalue weighted by molar-refractivity contribution is 1.07. The van der Waals surface area contributed by atoms with Gasteiger partial charge in [-0.25, -0.2) is 39.9 Å². The number of rotatable bonds is 15. The molecule has 0 aliphatic rings. The lowest BCUT2D eigenvalue weighted by Gasteiger charge is -2.15. The van der Waals surface area contributed by atoms with Crippen LogP contribution in [0.15, 0.2) is 437 Å². The fourth-order valence-corrected chi connectivity index (χ4v) is 15.9. The third-order valence-corrected chi connectivity index (χ3v) is 21.9. The molecule has 0 bridgehead atoms. The number of hydrogen-bond acceptors (Lipinski definition) is 8. The molecule has 0 saturated carbocycles. The van der Waals surface area contributed by atoms with Crippen LogP contribution in [0.2, 0.25) is 0 Å². The number of nitrogens with zero attached hydrogens (tertiary/aromatic N) is 8. The van der Waals surface area contributed by atoms with Crippen LogP contribution < -0.4 is 0 Å². The lowest BCUT2D eigenvalue weighted by atomic mass is 9.92. The van der Waals surface area contributed by atoms with Crippen molar-refractivity contribution in [2.45, 2.75) is 0 Å². The highest BCUT2D eigenvalue weighted by atomic mass is 15.0. The van der Waals surface area contributed by atoms with Crippen molar-refractivity contribution in [3.05, 3.63) is 437 Å². The minimum atomic E-state index is 0.606. The quantitative estimate of drug-likeness (QED) is 0.0935. The lowest BCUT2D eigenvalue weighted by Crippen LogP contribution is -2.00. The molecule has 552 valence electrons. The van der Waals surface area contributed by atoms with E-state index in [-0.39, 0.29) is 0 Å². The van der Waals surface area contributed by atoms with E-state index in [1.54, 1.807) is 0 Å². The molecule has 0 atom stereocenters. The molecular formula is C110H72N8. The molecule has 0 unspecified atom stereocenters. The van der Waals surface area contributed by atoms with E-state index >= 15 is 0 Å². The highest BCUT2D eigenvalue weighted by Gasteiger charge is 2.21. The molecule has 118 heavy (non-hydrogen) atoms. The summed E-state index contributed by atoms with van der Waals surface area (Å²) in [5.74, 6) is 3.72. The summed E-state index contributed by atoms with van der Waals surface area (Å²) >= 11 is 0. The van der Waals surface area contributed by atoms with Gasteiger partial charge in [-0.3, -0.25) is 0 Å². The summed E-state index contributed by atoms with van der Waals surface area (Å²) in [5.41, 5.74) is 27.4. The fourth-order valence-electron chi connectivity index (χ4n) is 15.9. The van der Waals surface area contributed by atoms with Gasteiger partial charge >= 0.3 is 0 Å². The average Bonchev–Trinajstić information content (AvgIpc) is 0.744. The second-order valence-electron chi connectivity index (χ2n) is 29.3. The van der Waals surface area contributed by atoms with Gasteiger partial charge in [-0.15, -0.1) is 0 Å².